The van der Waals surface area contributed by atoms with Crippen molar-refractivity contribution in [2.75, 3.05) is 13.2 Å². The van der Waals surface area contributed by atoms with Gasteiger partial charge in [0.2, 0.25) is 5.91 Å². The Morgan fingerprint density at radius 3 is 1.85 bits per heavy atom. The number of aliphatic hydroxyl groups is 7. The van der Waals surface area contributed by atoms with E-state index in [0.717, 1.165) is 6.92 Å². The van der Waals surface area contributed by atoms with Gasteiger partial charge < -0.3 is 55.3 Å². The van der Waals surface area contributed by atoms with Crippen LogP contribution in [0.5, 0.6) is 0 Å². The number of rotatable bonds is 5. The first-order valence-corrected chi connectivity index (χ1v) is 8.06. The molecular formula is C14H25NO11. The van der Waals surface area contributed by atoms with Gasteiger partial charge in [0.1, 0.15) is 48.8 Å². The van der Waals surface area contributed by atoms with Gasteiger partial charge in [0.05, 0.1) is 13.2 Å². The van der Waals surface area contributed by atoms with Gasteiger partial charge >= 0.3 is 0 Å². The fourth-order valence-electron chi connectivity index (χ4n) is 2.90. The molecule has 12 heteroatoms. The second-order valence-corrected chi connectivity index (χ2v) is 6.27. The molecule has 1 amide bonds. The third-order valence-corrected chi connectivity index (χ3v) is 4.37. The predicted octanol–water partition coefficient (Wildman–Crippen LogP) is -5.25. The Labute approximate surface area is 148 Å². The maximum atomic E-state index is 11.4. The van der Waals surface area contributed by atoms with E-state index in [1.165, 1.54) is 0 Å². The third-order valence-electron chi connectivity index (χ3n) is 4.37. The SMILES string of the molecule is CC(=O)N[C@H]1[C@H](O[C@@H]2O[C@H](CO)[C@@H](O)[C@H](O)[C@@H]2O)O[C@H](CO)[C@@H](O)[C@@H]1O. The summed E-state index contributed by atoms with van der Waals surface area (Å²) in [4.78, 5) is 11.4. The molecule has 0 bridgehead atoms. The summed E-state index contributed by atoms with van der Waals surface area (Å²) >= 11 is 0. The van der Waals surface area contributed by atoms with Gasteiger partial charge in [0.25, 0.3) is 0 Å². The van der Waals surface area contributed by atoms with Gasteiger partial charge in [-0.3, -0.25) is 4.79 Å². The molecule has 2 rings (SSSR count). The number of amides is 1. The number of hydrogen-bond acceptors (Lipinski definition) is 11. The van der Waals surface area contributed by atoms with Gasteiger partial charge in [0, 0.05) is 6.92 Å². The Bertz CT molecular complexity index is 478. The highest BCUT2D eigenvalue weighted by atomic mass is 16.8. The number of carbonyl (C=O) groups is 1. The summed E-state index contributed by atoms with van der Waals surface area (Å²) in [5, 5.41) is 70.4. The Hall–Kier alpha value is -0.930. The van der Waals surface area contributed by atoms with Gasteiger partial charge in [-0.2, -0.15) is 0 Å². The smallest absolute Gasteiger partial charge is 0.217 e. The molecule has 2 aliphatic rings. The molecular weight excluding hydrogens is 358 g/mol. The highest BCUT2D eigenvalue weighted by Gasteiger charge is 2.50. The Morgan fingerprint density at radius 1 is 0.846 bits per heavy atom. The van der Waals surface area contributed by atoms with Gasteiger partial charge in [-0.25, -0.2) is 0 Å². The lowest BCUT2D eigenvalue weighted by Gasteiger charge is -2.45. The van der Waals surface area contributed by atoms with E-state index in [1.807, 2.05) is 0 Å². The minimum Gasteiger partial charge on any atom is -0.394 e. The summed E-state index contributed by atoms with van der Waals surface area (Å²) in [6.07, 6.45) is -13.7. The van der Waals surface area contributed by atoms with Crippen LogP contribution in [0.15, 0.2) is 0 Å². The molecule has 0 aromatic rings. The van der Waals surface area contributed by atoms with E-state index in [9.17, 15) is 40.5 Å². The molecule has 2 aliphatic heterocycles. The van der Waals surface area contributed by atoms with E-state index in [0.29, 0.717) is 0 Å². The van der Waals surface area contributed by atoms with Crippen molar-refractivity contribution in [1.29, 1.82) is 0 Å². The van der Waals surface area contributed by atoms with Crippen LogP contribution in [-0.4, -0.2) is 116 Å². The Morgan fingerprint density at radius 2 is 1.35 bits per heavy atom. The number of ether oxygens (including phenoxy) is 3. The predicted molar refractivity (Wildman–Crippen MR) is 80.2 cm³/mol. The van der Waals surface area contributed by atoms with E-state index in [-0.39, 0.29) is 0 Å². The first kappa shape index (κ1) is 21.4. The summed E-state index contributed by atoms with van der Waals surface area (Å²) in [5.41, 5.74) is 0. The van der Waals surface area contributed by atoms with Crippen LogP contribution >= 0.6 is 0 Å². The van der Waals surface area contributed by atoms with Crippen LogP contribution in [0.4, 0.5) is 0 Å². The van der Waals surface area contributed by atoms with E-state index >= 15 is 0 Å². The zero-order valence-corrected chi connectivity index (χ0v) is 14.0. The summed E-state index contributed by atoms with van der Waals surface area (Å²) in [7, 11) is 0. The molecule has 2 heterocycles. The second kappa shape index (κ2) is 8.84. The van der Waals surface area contributed by atoms with Crippen LogP contribution in [0.2, 0.25) is 0 Å². The van der Waals surface area contributed by atoms with Crippen molar-refractivity contribution in [3.8, 4) is 0 Å². The lowest BCUT2D eigenvalue weighted by atomic mass is 9.96. The average molecular weight is 383 g/mol. The van der Waals surface area contributed by atoms with Crippen molar-refractivity contribution in [1.82, 2.24) is 5.32 Å². The van der Waals surface area contributed by atoms with Crippen molar-refractivity contribution in [2.45, 2.75) is 68.3 Å². The number of aliphatic hydroxyl groups excluding tert-OH is 7. The highest BCUT2D eigenvalue weighted by molar-refractivity contribution is 5.73. The minimum absolute atomic E-state index is 0.574. The largest absolute Gasteiger partial charge is 0.394 e. The van der Waals surface area contributed by atoms with Crippen molar-refractivity contribution in [2.24, 2.45) is 0 Å². The van der Waals surface area contributed by atoms with E-state index in [4.69, 9.17) is 14.2 Å². The van der Waals surface area contributed by atoms with Gasteiger partial charge in [-0.15, -0.1) is 0 Å². The highest BCUT2D eigenvalue weighted by Crippen LogP contribution is 2.28. The third kappa shape index (κ3) is 4.31. The molecule has 2 fully saturated rings. The zero-order chi connectivity index (χ0) is 19.6. The first-order valence-electron chi connectivity index (χ1n) is 8.06. The quantitative estimate of drug-likeness (QED) is 0.226. The summed E-state index contributed by atoms with van der Waals surface area (Å²) in [5.74, 6) is -0.574. The first-order chi connectivity index (χ1) is 12.2. The number of hydrogen-bond donors (Lipinski definition) is 8. The van der Waals surface area contributed by atoms with Crippen LogP contribution in [0.1, 0.15) is 6.92 Å². The van der Waals surface area contributed by atoms with Gasteiger partial charge in [-0.1, -0.05) is 0 Å². The van der Waals surface area contributed by atoms with Gasteiger partial charge in [-0.05, 0) is 0 Å². The van der Waals surface area contributed by atoms with Crippen LogP contribution in [0.25, 0.3) is 0 Å². The van der Waals surface area contributed by atoms with Crippen molar-refractivity contribution in [3.63, 3.8) is 0 Å². The Kier molecular flexibility index (Phi) is 7.27. The van der Waals surface area contributed by atoms with Crippen LogP contribution < -0.4 is 5.32 Å². The van der Waals surface area contributed by atoms with Gasteiger partial charge in [0.15, 0.2) is 12.6 Å². The monoisotopic (exact) mass is 383 g/mol. The van der Waals surface area contributed by atoms with E-state index < -0.39 is 80.5 Å². The lowest BCUT2D eigenvalue weighted by Crippen LogP contribution is -2.67. The van der Waals surface area contributed by atoms with Crippen molar-refractivity contribution < 1.29 is 54.8 Å². The van der Waals surface area contributed by atoms with Crippen molar-refractivity contribution in [3.05, 3.63) is 0 Å². The molecule has 0 spiro atoms. The molecule has 10 atom stereocenters. The fraction of sp³-hybridized carbons (Fsp3) is 0.929. The summed E-state index contributed by atoms with van der Waals surface area (Å²) < 4.78 is 15.9. The fourth-order valence-corrected chi connectivity index (χ4v) is 2.90. The summed E-state index contributed by atoms with van der Waals surface area (Å²) in [6.45, 7) is -0.187. The van der Waals surface area contributed by atoms with E-state index in [1.54, 1.807) is 0 Å². The number of carbonyl (C=O) groups excluding carboxylic acids is 1. The molecule has 26 heavy (non-hydrogen) atoms. The molecule has 12 nitrogen and oxygen atoms in total. The molecule has 152 valence electrons. The molecule has 0 aliphatic carbocycles. The topological polar surface area (TPSA) is 198 Å². The number of nitrogens with one attached hydrogen (secondary N) is 1. The zero-order valence-electron chi connectivity index (χ0n) is 14.0. The average Bonchev–Trinajstić information content (AvgIpc) is 2.61. The normalized spacial score (nSPS) is 46.8. The summed E-state index contributed by atoms with van der Waals surface area (Å²) in [6, 6.07) is -1.28. The maximum absolute atomic E-state index is 11.4. The molecule has 2 saturated heterocycles. The second-order valence-electron chi connectivity index (χ2n) is 6.27. The molecule has 0 saturated carbocycles. The lowest BCUT2D eigenvalue weighted by molar-refractivity contribution is -0.363. The van der Waals surface area contributed by atoms with E-state index in [2.05, 4.69) is 5.32 Å². The van der Waals surface area contributed by atoms with Crippen LogP contribution in [0.3, 0.4) is 0 Å². The molecule has 0 aromatic carbocycles. The molecule has 8 N–H and O–H groups in total. The van der Waals surface area contributed by atoms with Crippen LogP contribution in [-0.2, 0) is 19.0 Å². The molecule has 0 radical (unpaired) electrons. The maximum Gasteiger partial charge on any atom is 0.217 e. The van der Waals surface area contributed by atoms with Crippen molar-refractivity contribution >= 4 is 5.91 Å². The standard InChI is InChI=1S/C14H25NO11/c1-4(18)15-7-10(21)8(19)5(2-16)24-13(7)26-14-12(23)11(22)9(20)6(3-17)25-14/h5-14,16-17,19-23H,2-3H2,1H3,(H,15,18)/t5-,6-,7-,8-,9-,10-,11+,12+,13+,14+/m1/s1. The molecule has 0 unspecified atom stereocenters. The minimum atomic E-state index is -1.73. The Balaban J connectivity index is 2.18. The van der Waals surface area contributed by atoms with Crippen LogP contribution in [0, 0.1) is 0 Å². The molecule has 0 aromatic heterocycles.